The van der Waals surface area contributed by atoms with E-state index in [2.05, 4.69) is 11.1 Å². The van der Waals surface area contributed by atoms with Crippen LogP contribution in [0.1, 0.15) is 12.5 Å². The van der Waals surface area contributed by atoms with Crippen LogP contribution in [-0.4, -0.2) is 27.1 Å². The van der Waals surface area contributed by atoms with Gasteiger partial charge in [-0.25, -0.2) is 4.99 Å². The first-order valence-electron chi connectivity index (χ1n) is 9.01. The zero-order chi connectivity index (χ0) is 19.5. The van der Waals surface area contributed by atoms with E-state index < -0.39 is 0 Å². The van der Waals surface area contributed by atoms with Crippen molar-refractivity contribution in [1.82, 2.24) is 9.47 Å². The Kier molecular flexibility index (Phi) is 5.00. The molecule has 0 radical (unpaired) electrons. The van der Waals surface area contributed by atoms with E-state index >= 15 is 0 Å². The van der Waals surface area contributed by atoms with Gasteiger partial charge in [0.25, 0.3) is 5.91 Å². The molecule has 1 amide bonds. The third-order valence-electron chi connectivity index (χ3n) is 4.53. The lowest BCUT2D eigenvalue weighted by Crippen LogP contribution is -2.28. The van der Waals surface area contributed by atoms with Gasteiger partial charge in [0.15, 0.2) is 5.17 Å². The summed E-state index contributed by atoms with van der Waals surface area (Å²) in [4.78, 5) is 19.9. The van der Waals surface area contributed by atoms with E-state index in [0.29, 0.717) is 16.6 Å². The molecular formula is C22H18N4OS. The fraction of sp³-hybridized carbons (Fsp3) is 0.136. The molecule has 2 heterocycles. The number of aliphatic imine (C=N–C) groups is 1. The molecule has 28 heavy (non-hydrogen) atoms. The number of nitriles is 1. The van der Waals surface area contributed by atoms with Crippen LogP contribution in [0, 0.1) is 11.3 Å². The number of amidine groups is 1. The van der Waals surface area contributed by atoms with Crippen molar-refractivity contribution in [2.75, 3.05) is 6.54 Å². The lowest BCUT2D eigenvalue weighted by atomic mass is 10.1. The molecule has 0 spiro atoms. The summed E-state index contributed by atoms with van der Waals surface area (Å²) in [6, 6.07) is 19.7. The number of thioether (sulfide) groups is 1. The maximum atomic E-state index is 12.9. The van der Waals surface area contributed by atoms with Crippen LogP contribution in [0.3, 0.4) is 0 Å². The first kappa shape index (κ1) is 18.1. The van der Waals surface area contributed by atoms with Crippen molar-refractivity contribution in [3.63, 3.8) is 0 Å². The number of hydrogen-bond acceptors (Lipinski definition) is 4. The van der Waals surface area contributed by atoms with E-state index in [0.717, 1.165) is 22.2 Å². The molecule has 3 aromatic rings. The highest BCUT2D eigenvalue weighted by Crippen LogP contribution is 2.35. The van der Waals surface area contributed by atoms with Crippen molar-refractivity contribution in [1.29, 1.82) is 5.26 Å². The third-order valence-corrected chi connectivity index (χ3v) is 5.54. The number of hydrogen-bond donors (Lipinski definition) is 0. The van der Waals surface area contributed by atoms with Gasteiger partial charge < -0.3 is 4.57 Å². The van der Waals surface area contributed by atoms with E-state index in [9.17, 15) is 4.79 Å². The first-order valence-corrected chi connectivity index (χ1v) is 9.83. The van der Waals surface area contributed by atoms with Crippen LogP contribution in [0.5, 0.6) is 0 Å². The van der Waals surface area contributed by atoms with Gasteiger partial charge in [0.2, 0.25) is 0 Å². The van der Waals surface area contributed by atoms with Crippen molar-refractivity contribution >= 4 is 45.5 Å². The van der Waals surface area contributed by atoms with Gasteiger partial charge in [-0.1, -0.05) is 36.4 Å². The van der Waals surface area contributed by atoms with Gasteiger partial charge in [-0.15, -0.1) is 0 Å². The van der Waals surface area contributed by atoms with Crippen molar-refractivity contribution in [2.24, 2.45) is 4.99 Å². The number of benzene rings is 2. The van der Waals surface area contributed by atoms with Gasteiger partial charge in [0.05, 0.1) is 16.7 Å². The summed E-state index contributed by atoms with van der Waals surface area (Å²) in [5.41, 5.74) is 2.73. The van der Waals surface area contributed by atoms with Gasteiger partial charge in [0, 0.05) is 29.2 Å². The number of nitrogens with zero attached hydrogens (tertiary/aromatic N) is 4. The Labute approximate surface area is 167 Å². The molecule has 0 unspecified atom stereocenters. The molecule has 2 aromatic carbocycles. The Bertz CT molecular complexity index is 1140. The number of carbonyl (C=O) groups is 1. The highest BCUT2D eigenvalue weighted by molar-refractivity contribution is 8.18. The molecule has 1 fully saturated rings. The maximum absolute atomic E-state index is 12.9. The van der Waals surface area contributed by atoms with Crippen molar-refractivity contribution in [3.05, 3.63) is 71.3 Å². The molecule has 1 aliphatic heterocycles. The summed E-state index contributed by atoms with van der Waals surface area (Å²) in [5.74, 6) is -0.0423. The molecule has 1 aliphatic rings. The van der Waals surface area contributed by atoms with Gasteiger partial charge in [-0.2, -0.15) is 5.26 Å². The van der Waals surface area contributed by atoms with Crippen molar-refractivity contribution in [3.8, 4) is 6.07 Å². The number of aromatic nitrogens is 1. The maximum Gasteiger partial charge on any atom is 0.266 e. The molecule has 138 valence electrons. The monoisotopic (exact) mass is 386 g/mol. The fourth-order valence-corrected chi connectivity index (χ4v) is 4.27. The largest absolute Gasteiger partial charge is 0.333 e. The summed E-state index contributed by atoms with van der Waals surface area (Å²) in [7, 11) is 0. The SMILES string of the molecule is CCN1C(=O)/C(=C/c2cn(CC#N)c3ccccc23)SC1=Nc1ccccc1. The number of likely N-dealkylation sites (N-methyl/N-ethyl adjacent to an activating group) is 1. The van der Waals surface area contributed by atoms with Crippen LogP contribution in [0.15, 0.2) is 70.7 Å². The minimum absolute atomic E-state index is 0.0423. The average Bonchev–Trinajstić information content (AvgIpc) is 3.21. The standard InChI is InChI=1S/C22H18N4OS/c1-2-26-21(27)20(28-22(26)24-17-8-4-3-5-9-17)14-16-15-25(13-12-23)19-11-7-6-10-18(16)19/h3-11,14-15H,2,13H2,1H3/b20-14-,24-22?. The van der Waals surface area contributed by atoms with Crippen molar-refractivity contribution in [2.45, 2.75) is 13.5 Å². The number of rotatable bonds is 4. The number of para-hydroxylation sites is 2. The minimum atomic E-state index is -0.0423. The summed E-state index contributed by atoms with van der Waals surface area (Å²) >= 11 is 1.39. The Morgan fingerprint density at radius 2 is 1.89 bits per heavy atom. The quantitative estimate of drug-likeness (QED) is 0.606. The van der Waals surface area contributed by atoms with Crippen LogP contribution in [0.2, 0.25) is 0 Å². The molecule has 1 aromatic heterocycles. The van der Waals surface area contributed by atoms with Gasteiger partial charge >= 0.3 is 0 Å². The Morgan fingerprint density at radius 3 is 2.64 bits per heavy atom. The zero-order valence-corrected chi connectivity index (χ0v) is 16.2. The number of amides is 1. The van der Waals surface area contributed by atoms with E-state index in [1.54, 1.807) is 4.90 Å². The molecular weight excluding hydrogens is 368 g/mol. The topological polar surface area (TPSA) is 61.4 Å². The second kappa shape index (κ2) is 7.75. The Morgan fingerprint density at radius 1 is 1.14 bits per heavy atom. The molecule has 0 saturated carbocycles. The summed E-state index contributed by atoms with van der Waals surface area (Å²) in [6.45, 7) is 2.78. The second-order valence-corrected chi connectivity index (χ2v) is 7.29. The molecule has 0 bridgehead atoms. The zero-order valence-electron chi connectivity index (χ0n) is 15.4. The van der Waals surface area contributed by atoms with Gasteiger partial charge in [0.1, 0.15) is 6.54 Å². The van der Waals surface area contributed by atoms with E-state index in [-0.39, 0.29) is 12.5 Å². The smallest absolute Gasteiger partial charge is 0.266 e. The van der Waals surface area contributed by atoms with Crippen LogP contribution in [0.25, 0.3) is 17.0 Å². The Balaban J connectivity index is 1.75. The second-order valence-electron chi connectivity index (χ2n) is 6.28. The summed E-state index contributed by atoms with van der Waals surface area (Å²) in [6.07, 6.45) is 3.83. The molecule has 4 rings (SSSR count). The molecule has 6 heteroatoms. The molecule has 5 nitrogen and oxygen atoms in total. The minimum Gasteiger partial charge on any atom is -0.333 e. The molecule has 0 N–H and O–H groups in total. The highest BCUT2D eigenvalue weighted by Gasteiger charge is 2.32. The van der Waals surface area contributed by atoms with Crippen LogP contribution < -0.4 is 0 Å². The first-order chi connectivity index (χ1) is 13.7. The van der Waals surface area contributed by atoms with Crippen molar-refractivity contribution < 1.29 is 4.79 Å². The van der Waals surface area contributed by atoms with E-state index in [1.165, 1.54) is 11.8 Å². The van der Waals surface area contributed by atoms with E-state index in [4.69, 9.17) is 5.26 Å². The Hall–Kier alpha value is -3.30. The predicted octanol–water partition coefficient (Wildman–Crippen LogP) is 4.79. The highest BCUT2D eigenvalue weighted by atomic mass is 32.2. The molecule has 0 aliphatic carbocycles. The number of carbonyl (C=O) groups excluding carboxylic acids is 1. The summed E-state index contributed by atoms with van der Waals surface area (Å²) < 4.78 is 1.91. The molecule has 1 saturated heterocycles. The number of fused-ring (bicyclic) bond motifs is 1. The average molecular weight is 386 g/mol. The van der Waals surface area contributed by atoms with Crippen LogP contribution in [-0.2, 0) is 11.3 Å². The van der Waals surface area contributed by atoms with Crippen LogP contribution >= 0.6 is 11.8 Å². The lowest BCUT2D eigenvalue weighted by molar-refractivity contribution is -0.122. The lowest BCUT2D eigenvalue weighted by Gasteiger charge is -2.11. The predicted molar refractivity (Wildman–Crippen MR) is 114 cm³/mol. The molecule has 0 atom stereocenters. The van der Waals surface area contributed by atoms with E-state index in [1.807, 2.05) is 78.4 Å². The fourth-order valence-electron chi connectivity index (χ4n) is 3.22. The third kappa shape index (κ3) is 3.32. The summed E-state index contributed by atoms with van der Waals surface area (Å²) in [5, 5.41) is 10.8. The normalized spacial score (nSPS) is 17.0. The van der Waals surface area contributed by atoms with Crippen LogP contribution in [0.4, 0.5) is 5.69 Å². The van der Waals surface area contributed by atoms with Gasteiger partial charge in [-0.3, -0.25) is 9.69 Å². The van der Waals surface area contributed by atoms with Gasteiger partial charge in [-0.05, 0) is 43.0 Å².